The van der Waals surface area contributed by atoms with Crippen molar-refractivity contribution in [3.05, 3.63) is 108 Å². The minimum absolute atomic E-state index is 0.198. The highest BCUT2D eigenvalue weighted by Crippen LogP contribution is 2.43. The standard InChI is InChI=1S/C24H17O2P/c25-24(23-14-8-3-9-15-23)20-27(26,18-16-21-10-4-1-5-11-21)19-17-22-12-6-2-7-13-22/h1-15H,20H2. The van der Waals surface area contributed by atoms with Gasteiger partial charge in [0.2, 0.25) is 7.14 Å². The van der Waals surface area contributed by atoms with E-state index in [4.69, 9.17) is 0 Å². The first-order chi connectivity index (χ1) is 13.1. The summed E-state index contributed by atoms with van der Waals surface area (Å²) in [6.45, 7) is 0. The van der Waals surface area contributed by atoms with Crippen LogP contribution in [0.15, 0.2) is 91.0 Å². The molecule has 0 amide bonds. The third-order valence-corrected chi connectivity index (χ3v) is 5.45. The van der Waals surface area contributed by atoms with E-state index in [1.165, 1.54) is 0 Å². The molecule has 0 radical (unpaired) electrons. The molecule has 0 saturated heterocycles. The van der Waals surface area contributed by atoms with E-state index in [0.717, 1.165) is 11.1 Å². The lowest BCUT2D eigenvalue weighted by molar-refractivity contribution is 0.102. The topological polar surface area (TPSA) is 34.1 Å². The number of benzene rings is 3. The van der Waals surface area contributed by atoms with Gasteiger partial charge in [-0.05, 0) is 35.6 Å². The van der Waals surface area contributed by atoms with E-state index in [1.807, 2.05) is 66.7 Å². The summed E-state index contributed by atoms with van der Waals surface area (Å²) in [5.74, 6) is 5.60. The Kier molecular flexibility index (Phi) is 6.06. The summed E-state index contributed by atoms with van der Waals surface area (Å²) in [7, 11) is -3.34. The Bertz CT molecular complexity index is 1020. The van der Waals surface area contributed by atoms with E-state index in [-0.39, 0.29) is 11.9 Å². The number of rotatable bonds is 3. The lowest BCUT2D eigenvalue weighted by atomic mass is 10.2. The first-order valence-corrected chi connectivity index (χ1v) is 10.4. The molecule has 0 unspecified atom stereocenters. The minimum Gasteiger partial charge on any atom is -0.296 e. The molecule has 0 N–H and O–H groups in total. The zero-order chi connectivity index (χ0) is 19.0. The Balaban J connectivity index is 1.94. The third kappa shape index (κ3) is 5.58. The zero-order valence-electron chi connectivity index (χ0n) is 14.6. The van der Waals surface area contributed by atoms with Gasteiger partial charge in [0.05, 0.1) is 6.16 Å². The van der Waals surface area contributed by atoms with Crippen LogP contribution in [0.4, 0.5) is 0 Å². The van der Waals surface area contributed by atoms with Crippen molar-refractivity contribution in [3.63, 3.8) is 0 Å². The van der Waals surface area contributed by atoms with Crippen molar-refractivity contribution in [1.29, 1.82) is 0 Å². The summed E-state index contributed by atoms with van der Waals surface area (Å²) in [6, 6.07) is 27.4. The predicted molar refractivity (Wildman–Crippen MR) is 110 cm³/mol. The summed E-state index contributed by atoms with van der Waals surface area (Å²) in [5.41, 5.74) is 7.59. The molecule has 0 atom stereocenters. The summed E-state index contributed by atoms with van der Waals surface area (Å²) < 4.78 is 13.4. The molecule has 27 heavy (non-hydrogen) atoms. The molecule has 0 aliphatic heterocycles. The fourth-order valence-electron chi connectivity index (χ4n) is 2.38. The molecule has 130 valence electrons. The molecule has 0 saturated carbocycles. The summed E-state index contributed by atoms with van der Waals surface area (Å²) >= 11 is 0. The van der Waals surface area contributed by atoms with E-state index in [1.54, 1.807) is 24.3 Å². The zero-order valence-corrected chi connectivity index (χ0v) is 15.5. The molecule has 2 nitrogen and oxygen atoms in total. The van der Waals surface area contributed by atoms with Gasteiger partial charge in [0.1, 0.15) is 0 Å². The highest BCUT2D eigenvalue weighted by atomic mass is 31.2. The largest absolute Gasteiger partial charge is 0.296 e. The molecule has 0 heterocycles. The second-order valence-electron chi connectivity index (χ2n) is 5.89. The van der Waals surface area contributed by atoms with E-state index in [0.29, 0.717) is 5.56 Å². The van der Waals surface area contributed by atoms with Gasteiger partial charge in [-0.1, -0.05) is 78.6 Å². The summed E-state index contributed by atoms with van der Waals surface area (Å²) in [5, 5.41) is 0. The van der Waals surface area contributed by atoms with Crippen LogP contribution >= 0.6 is 7.14 Å². The summed E-state index contributed by atoms with van der Waals surface area (Å²) in [4.78, 5) is 12.6. The lowest BCUT2D eigenvalue weighted by Crippen LogP contribution is -2.04. The second kappa shape index (κ2) is 8.86. The van der Waals surface area contributed by atoms with Crippen molar-refractivity contribution >= 4 is 12.9 Å². The van der Waals surface area contributed by atoms with Crippen molar-refractivity contribution in [2.45, 2.75) is 0 Å². The number of hydrogen-bond acceptors (Lipinski definition) is 2. The van der Waals surface area contributed by atoms with Crippen LogP contribution in [-0.4, -0.2) is 11.9 Å². The van der Waals surface area contributed by atoms with Gasteiger partial charge in [-0.3, -0.25) is 9.36 Å². The van der Waals surface area contributed by atoms with Crippen LogP contribution in [0.5, 0.6) is 0 Å². The van der Waals surface area contributed by atoms with Crippen LogP contribution < -0.4 is 0 Å². The van der Waals surface area contributed by atoms with Crippen LogP contribution in [0.25, 0.3) is 0 Å². The SMILES string of the molecule is O=C(CP(=O)(C#Cc1ccccc1)C#Cc1ccccc1)c1ccccc1. The molecule has 3 aromatic rings. The van der Waals surface area contributed by atoms with Crippen LogP contribution in [-0.2, 0) is 4.57 Å². The number of ketones is 1. The molecule has 0 fully saturated rings. The number of hydrogen-bond donors (Lipinski definition) is 0. The van der Waals surface area contributed by atoms with Gasteiger partial charge in [-0.2, -0.15) is 0 Å². The molecular formula is C24H17O2P. The number of Topliss-reactive ketones (excluding diaryl/α,β-unsaturated/α-hetero) is 1. The third-order valence-electron chi connectivity index (χ3n) is 3.77. The van der Waals surface area contributed by atoms with Crippen molar-refractivity contribution in [2.24, 2.45) is 0 Å². The van der Waals surface area contributed by atoms with Crippen molar-refractivity contribution in [2.75, 3.05) is 6.16 Å². The van der Waals surface area contributed by atoms with E-state index < -0.39 is 7.14 Å². The molecule has 0 spiro atoms. The first-order valence-electron chi connectivity index (χ1n) is 8.49. The van der Waals surface area contributed by atoms with Crippen LogP contribution in [0.1, 0.15) is 21.5 Å². The number of carbonyl (C=O) groups is 1. The molecule has 0 aliphatic rings. The van der Waals surface area contributed by atoms with Gasteiger partial charge in [-0.15, -0.1) is 0 Å². The smallest absolute Gasteiger partial charge is 0.230 e. The van der Waals surface area contributed by atoms with Crippen molar-refractivity contribution in [3.8, 4) is 23.2 Å². The lowest BCUT2D eigenvalue weighted by Gasteiger charge is -2.04. The quantitative estimate of drug-likeness (QED) is 0.359. The highest BCUT2D eigenvalue weighted by molar-refractivity contribution is 7.74. The monoisotopic (exact) mass is 368 g/mol. The number of carbonyl (C=O) groups excluding carboxylic acids is 1. The molecule has 0 aromatic heterocycles. The molecular weight excluding hydrogens is 351 g/mol. The van der Waals surface area contributed by atoms with Gasteiger partial charge in [0.15, 0.2) is 5.78 Å². The molecule has 3 heteroatoms. The van der Waals surface area contributed by atoms with Crippen LogP contribution in [0.3, 0.4) is 0 Å². The average molecular weight is 368 g/mol. The van der Waals surface area contributed by atoms with Gasteiger partial charge in [0.25, 0.3) is 0 Å². The maximum atomic E-state index is 13.4. The Hall–Kier alpha value is -3.32. The average Bonchev–Trinajstić information content (AvgIpc) is 2.73. The normalized spacial score (nSPS) is 10.1. The predicted octanol–water partition coefficient (Wildman–Crippen LogP) is 5.25. The van der Waals surface area contributed by atoms with Crippen molar-refractivity contribution in [1.82, 2.24) is 0 Å². The van der Waals surface area contributed by atoms with E-state index in [9.17, 15) is 9.36 Å². The van der Waals surface area contributed by atoms with Gasteiger partial charge < -0.3 is 0 Å². The molecule has 0 aliphatic carbocycles. The van der Waals surface area contributed by atoms with Gasteiger partial charge in [0, 0.05) is 16.7 Å². The second-order valence-corrected chi connectivity index (χ2v) is 8.14. The molecule has 0 bridgehead atoms. The van der Waals surface area contributed by atoms with E-state index in [2.05, 4.69) is 23.2 Å². The fourth-order valence-corrected chi connectivity index (χ4v) is 3.80. The molecule has 3 rings (SSSR count). The maximum Gasteiger partial charge on any atom is 0.230 e. The Morgan fingerprint density at radius 3 is 1.52 bits per heavy atom. The Labute approximate surface area is 159 Å². The van der Waals surface area contributed by atoms with Gasteiger partial charge >= 0.3 is 0 Å². The Morgan fingerprint density at radius 2 is 1.07 bits per heavy atom. The minimum atomic E-state index is -3.34. The summed E-state index contributed by atoms with van der Waals surface area (Å²) in [6.07, 6.45) is -0.198. The fraction of sp³-hybridized carbons (Fsp3) is 0.0417. The molecule has 3 aromatic carbocycles. The van der Waals surface area contributed by atoms with Gasteiger partial charge in [-0.25, -0.2) is 0 Å². The highest BCUT2D eigenvalue weighted by Gasteiger charge is 2.22. The Morgan fingerprint density at radius 1 is 0.667 bits per heavy atom. The van der Waals surface area contributed by atoms with Crippen LogP contribution in [0, 0.1) is 23.2 Å². The van der Waals surface area contributed by atoms with Crippen molar-refractivity contribution < 1.29 is 9.36 Å². The first kappa shape index (κ1) is 18.5. The van der Waals surface area contributed by atoms with E-state index >= 15 is 0 Å². The maximum absolute atomic E-state index is 13.4. The van der Waals surface area contributed by atoms with Crippen LogP contribution in [0.2, 0.25) is 0 Å².